The Morgan fingerprint density at radius 2 is 1.86 bits per heavy atom. The molecule has 110 valence electrons. The highest BCUT2D eigenvalue weighted by Crippen LogP contribution is 2.26. The minimum Gasteiger partial charge on any atom is -0.323 e. The molecule has 0 spiro atoms. The van der Waals surface area contributed by atoms with Crippen LogP contribution >= 0.6 is 27.7 Å². The van der Waals surface area contributed by atoms with Crippen molar-refractivity contribution in [3.63, 3.8) is 0 Å². The van der Waals surface area contributed by atoms with Gasteiger partial charge in [-0.1, -0.05) is 15.9 Å². The molecule has 6 heteroatoms. The van der Waals surface area contributed by atoms with Crippen LogP contribution in [0.4, 0.5) is 14.5 Å². The van der Waals surface area contributed by atoms with Crippen LogP contribution in [-0.4, -0.2) is 11.2 Å². The van der Waals surface area contributed by atoms with Crippen LogP contribution in [0, 0.1) is 11.6 Å². The second-order valence-corrected chi connectivity index (χ2v) is 6.66. The maximum absolute atomic E-state index is 13.5. The van der Waals surface area contributed by atoms with Gasteiger partial charge in [-0.05, 0) is 43.3 Å². The lowest BCUT2D eigenvalue weighted by Gasteiger charge is -2.12. The van der Waals surface area contributed by atoms with Gasteiger partial charge in [0.05, 0.1) is 10.9 Å². The number of hydrogen-bond donors (Lipinski definition) is 1. The van der Waals surface area contributed by atoms with Crippen molar-refractivity contribution in [2.75, 3.05) is 5.32 Å². The highest BCUT2D eigenvalue weighted by atomic mass is 79.9. The van der Waals surface area contributed by atoms with E-state index in [1.54, 1.807) is 6.92 Å². The van der Waals surface area contributed by atoms with E-state index >= 15 is 0 Å². The lowest BCUT2D eigenvalue weighted by molar-refractivity contribution is -0.115. The minimum atomic E-state index is -0.661. The molecule has 2 nitrogen and oxygen atoms in total. The maximum atomic E-state index is 13.5. The molecule has 0 bridgehead atoms. The van der Waals surface area contributed by atoms with Crippen LogP contribution in [0.15, 0.2) is 51.8 Å². The van der Waals surface area contributed by atoms with E-state index in [1.165, 1.54) is 11.8 Å². The Bertz CT molecular complexity index is 649. The largest absolute Gasteiger partial charge is 0.323 e. The van der Waals surface area contributed by atoms with Crippen LogP contribution < -0.4 is 5.32 Å². The van der Waals surface area contributed by atoms with E-state index in [2.05, 4.69) is 21.2 Å². The molecular weight excluding hydrogens is 360 g/mol. The summed E-state index contributed by atoms with van der Waals surface area (Å²) in [6, 6.07) is 10.5. The van der Waals surface area contributed by atoms with Gasteiger partial charge in [-0.2, -0.15) is 0 Å². The molecular formula is C15H12BrF2NOS. The van der Waals surface area contributed by atoms with Crippen LogP contribution in [0.3, 0.4) is 0 Å². The Kier molecular flexibility index (Phi) is 5.36. The van der Waals surface area contributed by atoms with Gasteiger partial charge < -0.3 is 5.32 Å². The van der Waals surface area contributed by atoms with Gasteiger partial charge in [0.2, 0.25) is 5.91 Å². The predicted molar refractivity (Wildman–Crippen MR) is 84.4 cm³/mol. The number of carbonyl (C=O) groups excluding carboxylic acids is 1. The summed E-state index contributed by atoms with van der Waals surface area (Å²) >= 11 is 4.67. The second-order valence-electron chi connectivity index (χ2n) is 4.33. The summed E-state index contributed by atoms with van der Waals surface area (Å²) in [4.78, 5) is 12.9. The molecule has 0 unspecified atom stereocenters. The molecule has 0 aliphatic heterocycles. The summed E-state index contributed by atoms with van der Waals surface area (Å²) in [5, 5.41) is 1.96. The van der Waals surface area contributed by atoms with Gasteiger partial charge in [0.25, 0.3) is 0 Å². The van der Waals surface area contributed by atoms with Crippen molar-refractivity contribution in [3.8, 4) is 0 Å². The molecule has 1 N–H and O–H groups in total. The molecule has 0 aromatic heterocycles. The number of carbonyl (C=O) groups is 1. The van der Waals surface area contributed by atoms with Crippen LogP contribution in [0.1, 0.15) is 6.92 Å². The molecule has 21 heavy (non-hydrogen) atoms. The number of rotatable bonds is 4. The summed E-state index contributed by atoms with van der Waals surface area (Å²) in [6.45, 7) is 1.71. The molecule has 0 aliphatic rings. The zero-order valence-electron chi connectivity index (χ0n) is 11.1. The van der Waals surface area contributed by atoms with Crippen molar-refractivity contribution < 1.29 is 13.6 Å². The lowest BCUT2D eigenvalue weighted by atomic mass is 10.3. The first-order valence-electron chi connectivity index (χ1n) is 6.14. The zero-order valence-corrected chi connectivity index (χ0v) is 13.5. The summed E-state index contributed by atoms with van der Waals surface area (Å²) < 4.78 is 27.5. The standard InChI is InChI=1S/C15H12BrF2NOS/c1-9(21-12-5-2-10(16)3-6-12)15(20)19-14-8-11(17)4-7-13(14)18/h2-9H,1H3,(H,19,20)/t9-/m0/s1. The van der Waals surface area contributed by atoms with Gasteiger partial charge in [-0.25, -0.2) is 8.78 Å². The van der Waals surface area contributed by atoms with E-state index in [9.17, 15) is 13.6 Å². The molecule has 2 aromatic carbocycles. The van der Waals surface area contributed by atoms with E-state index in [4.69, 9.17) is 0 Å². The summed E-state index contributed by atoms with van der Waals surface area (Å²) in [7, 11) is 0. The van der Waals surface area contributed by atoms with E-state index in [0.717, 1.165) is 27.6 Å². The lowest BCUT2D eigenvalue weighted by Crippen LogP contribution is -2.23. The SMILES string of the molecule is C[C@H](Sc1ccc(Br)cc1)C(=O)Nc1cc(F)ccc1F. The maximum Gasteiger partial charge on any atom is 0.237 e. The third-order valence-corrected chi connectivity index (χ3v) is 4.32. The van der Waals surface area contributed by atoms with Gasteiger partial charge in [-0.3, -0.25) is 4.79 Å². The molecule has 0 saturated carbocycles. The fourth-order valence-electron chi connectivity index (χ4n) is 1.60. The number of nitrogens with one attached hydrogen (secondary N) is 1. The van der Waals surface area contributed by atoms with Gasteiger partial charge >= 0.3 is 0 Å². The number of halogens is 3. The summed E-state index contributed by atoms with van der Waals surface area (Å²) in [5.74, 6) is -1.64. The second kappa shape index (κ2) is 7.04. The smallest absolute Gasteiger partial charge is 0.237 e. The molecule has 0 heterocycles. The van der Waals surface area contributed by atoms with Gasteiger partial charge in [0, 0.05) is 15.4 Å². The normalized spacial score (nSPS) is 12.0. The van der Waals surface area contributed by atoms with Crippen molar-refractivity contribution in [2.24, 2.45) is 0 Å². The monoisotopic (exact) mass is 371 g/mol. The Morgan fingerprint density at radius 3 is 2.52 bits per heavy atom. The van der Waals surface area contributed by atoms with E-state index in [-0.39, 0.29) is 11.6 Å². The van der Waals surface area contributed by atoms with Crippen LogP contribution in [-0.2, 0) is 4.79 Å². The highest BCUT2D eigenvalue weighted by Gasteiger charge is 2.16. The fourth-order valence-corrected chi connectivity index (χ4v) is 2.73. The number of anilines is 1. The van der Waals surface area contributed by atoms with Gasteiger partial charge in [-0.15, -0.1) is 11.8 Å². The first kappa shape index (κ1) is 16.0. The van der Waals surface area contributed by atoms with Crippen LogP contribution in [0.2, 0.25) is 0 Å². The van der Waals surface area contributed by atoms with Crippen molar-refractivity contribution >= 4 is 39.3 Å². The minimum absolute atomic E-state index is 0.150. The number of amides is 1. The van der Waals surface area contributed by atoms with Crippen LogP contribution in [0.5, 0.6) is 0 Å². The fraction of sp³-hybridized carbons (Fsp3) is 0.133. The highest BCUT2D eigenvalue weighted by molar-refractivity contribution is 9.10. The summed E-state index contributed by atoms with van der Waals surface area (Å²) in [6.07, 6.45) is 0. The van der Waals surface area contributed by atoms with Crippen molar-refractivity contribution in [3.05, 3.63) is 58.6 Å². The van der Waals surface area contributed by atoms with E-state index in [1.807, 2.05) is 24.3 Å². The third kappa shape index (κ3) is 4.54. The predicted octanol–water partition coefficient (Wildman–Crippen LogP) is 4.85. The molecule has 2 rings (SSSR count). The Balaban J connectivity index is 2.02. The van der Waals surface area contributed by atoms with Gasteiger partial charge in [0.1, 0.15) is 11.6 Å². The molecule has 1 amide bonds. The quantitative estimate of drug-likeness (QED) is 0.778. The Morgan fingerprint density at radius 1 is 1.19 bits per heavy atom. The first-order chi connectivity index (χ1) is 9.95. The van der Waals surface area contributed by atoms with Crippen molar-refractivity contribution in [1.82, 2.24) is 0 Å². The number of benzene rings is 2. The molecule has 1 atom stereocenters. The summed E-state index contributed by atoms with van der Waals surface area (Å²) in [5.41, 5.74) is -0.150. The molecule has 0 radical (unpaired) electrons. The molecule has 0 fully saturated rings. The van der Waals surface area contributed by atoms with E-state index in [0.29, 0.717) is 0 Å². The van der Waals surface area contributed by atoms with E-state index < -0.39 is 16.9 Å². The molecule has 0 saturated heterocycles. The number of hydrogen-bond acceptors (Lipinski definition) is 2. The average molecular weight is 372 g/mol. The Labute approximate surface area is 134 Å². The Hall–Kier alpha value is -1.40. The average Bonchev–Trinajstić information content (AvgIpc) is 2.45. The zero-order chi connectivity index (χ0) is 15.4. The molecule has 0 aliphatic carbocycles. The van der Waals surface area contributed by atoms with Crippen molar-refractivity contribution in [2.45, 2.75) is 17.1 Å². The first-order valence-corrected chi connectivity index (χ1v) is 7.81. The number of thioether (sulfide) groups is 1. The van der Waals surface area contributed by atoms with Crippen LogP contribution in [0.25, 0.3) is 0 Å². The van der Waals surface area contributed by atoms with Gasteiger partial charge in [0.15, 0.2) is 0 Å². The van der Waals surface area contributed by atoms with Crippen molar-refractivity contribution in [1.29, 1.82) is 0 Å². The molecule has 2 aromatic rings. The topological polar surface area (TPSA) is 29.1 Å². The third-order valence-electron chi connectivity index (χ3n) is 2.68.